The van der Waals surface area contributed by atoms with E-state index >= 15 is 0 Å². The molecule has 0 saturated heterocycles. The minimum Gasteiger partial charge on any atom is -0.354 e. The Hall–Kier alpha value is -2.62. The van der Waals surface area contributed by atoms with Crippen LogP contribution in [0.5, 0.6) is 0 Å². The van der Waals surface area contributed by atoms with Crippen LogP contribution in [-0.2, 0) is 6.54 Å². The number of rotatable bonds is 6. The molecule has 2 heterocycles. The molecule has 2 aromatic heterocycles. The molecule has 1 aromatic carbocycles. The van der Waals surface area contributed by atoms with Crippen LogP contribution in [0.4, 0.5) is 0 Å². The van der Waals surface area contributed by atoms with E-state index in [0.717, 1.165) is 12.0 Å². The average Bonchev–Trinajstić information content (AvgIpc) is 3.24. The molecular weight excluding hydrogens is 276 g/mol. The molecule has 3 aromatic rings. The molecular formula is C18H18N2O2. The number of Topliss-reactive ketones (excluding diaryl/α,β-unsaturated/α-hetero) is 1. The van der Waals surface area contributed by atoms with Gasteiger partial charge in [0.2, 0.25) is 11.5 Å². The molecule has 4 nitrogen and oxygen atoms in total. The fourth-order valence-corrected chi connectivity index (χ4v) is 2.48. The molecule has 0 fully saturated rings. The van der Waals surface area contributed by atoms with Crippen LogP contribution < -0.4 is 0 Å². The number of benzene rings is 1. The van der Waals surface area contributed by atoms with E-state index in [2.05, 4.69) is 5.16 Å². The van der Waals surface area contributed by atoms with Gasteiger partial charge in [-0.3, -0.25) is 4.79 Å². The third-order valence-corrected chi connectivity index (χ3v) is 3.78. The van der Waals surface area contributed by atoms with Gasteiger partial charge in [-0.2, -0.15) is 0 Å². The molecule has 0 aliphatic carbocycles. The Morgan fingerprint density at radius 3 is 2.59 bits per heavy atom. The van der Waals surface area contributed by atoms with Gasteiger partial charge in [0.05, 0.1) is 0 Å². The molecule has 0 aliphatic rings. The van der Waals surface area contributed by atoms with Gasteiger partial charge in [-0.05, 0) is 18.6 Å². The Labute approximate surface area is 129 Å². The lowest BCUT2D eigenvalue weighted by molar-refractivity contribution is 0.0865. The van der Waals surface area contributed by atoms with E-state index in [9.17, 15) is 4.79 Å². The lowest BCUT2D eigenvalue weighted by Crippen LogP contribution is -2.19. The molecule has 0 aliphatic heterocycles. The second-order valence-electron chi connectivity index (χ2n) is 5.29. The Morgan fingerprint density at radius 1 is 1.18 bits per heavy atom. The van der Waals surface area contributed by atoms with Gasteiger partial charge in [-0.15, -0.1) is 0 Å². The van der Waals surface area contributed by atoms with Crippen molar-refractivity contribution < 1.29 is 9.32 Å². The van der Waals surface area contributed by atoms with Crippen molar-refractivity contribution in [2.75, 3.05) is 0 Å². The third-order valence-electron chi connectivity index (χ3n) is 3.78. The van der Waals surface area contributed by atoms with Gasteiger partial charge < -0.3 is 9.09 Å². The van der Waals surface area contributed by atoms with Crippen LogP contribution in [0.1, 0.15) is 23.9 Å². The van der Waals surface area contributed by atoms with E-state index < -0.39 is 0 Å². The van der Waals surface area contributed by atoms with Crippen molar-refractivity contribution in [3.05, 3.63) is 66.7 Å². The molecule has 0 bridgehead atoms. The smallest absolute Gasteiger partial charge is 0.205 e. The molecule has 0 radical (unpaired) electrons. The second-order valence-corrected chi connectivity index (χ2v) is 5.29. The zero-order valence-electron chi connectivity index (χ0n) is 12.5. The topological polar surface area (TPSA) is 48.0 Å². The van der Waals surface area contributed by atoms with Crippen LogP contribution in [0, 0.1) is 5.92 Å². The van der Waals surface area contributed by atoms with Crippen LogP contribution in [-0.4, -0.2) is 15.5 Å². The number of aromatic nitrogens is 2. The van der Waals surface area contributed by atoms with Crippen LogP contribution in [0.3, 0.4) is 0 Å². The largest absolute Gasteiger partial charge is 0.354 e. The first-order valence-electron chi connectivity index (χ1n) is 7.45. The number of nitrogens with zero attached hydrogens (tertiary/aromatic N) is 2. The highest BCUT2D eigenvalue weighted by Gasteiger charge is 2.23. The molecule has 112 valence electrons. The van der Waals surface area contributed by atoms with Crippen molar-refractivity contribution in [2.24, 2.45) is 5.92 Å². The van der Waals surface area contributed by atoms with Crippen molar-refractivity contribution in [3.63, 3.8) is 0 Å². The van der Waals surface area contributed by atoms with Crippen molar-refractivity contribution in [1.82, 2.24) is 9.72 Å². The number of carbonyl (C=O) groups is 1. The first kappa shape index (κ1) is 14.3. The fourth-order valence-electron chi connectivity index (χ4n) is 2.48. The predicted molar refractivity (Wildman–Crippen MR) is 84.5 cm³/mol. The van der Waals surface area contributed by atoms with E-state index in [-0.39, 0.29) is 11.7 Å². The molecule has 0 saturated carbocycles. The summed E-state index contributed by atoms with van der Waals surface area (Å²) >= 11 is 0. The number of hydrogen-bond donors (Lipinski definition) is 0. The van der Waals surface area contributed by atoms with E-state index in [0.29, 0.717) is 18.0 Å². The predicted octanol–water partition coefficient (Wildman–Crippen LogP) is 4.05. The van der Waals surface area contributed by atoms with Crippen molar-refractivity contribution in [3.8, 4) is 11.3 Å². The van der Waals surface area contributed by atoms with Crippen molar-refractivity contribution >= 4 is 5.78 Å². The SMILES string of the molecule is CCC(Cn1cccc1)C(=O)c1cc(-c2ccccc2)no1. The van der Waals surface area contributed by atoms with E-state index in [1.54, 1.807) is 6.07 Å². The summed E-state index contributed by atoms with van der Waals surface area (Å²) in [6.45, 7) is 2.67. The zero-order valence-corrected chi connectivity index (χ0v) is 12.5. The summed E-state index contributed by atoms with van der Waals surface area (Å²) in [6.07, 6.45) is 4.69. The van der Waals surface area contributed by atoms with Crippen molar-refractivity contribution in [2.45, 2.75) is 19.9 Å². The molecule has 1 unspecified atom stereocenters. The zero-order chi connectivity index (χ0) is 15.4. The second kappa shape index (κ2) is 6.43. The Bertz CT molecular complexity index is 730. The van der Waals surface area contributed by atoms with E-state index in [1.807, 2.05) is 66.3 Å². The summed E-state index contributed by atoms with van der Waals surface area (Å²) < 4.78 is 7.29. The summed E-state index contributed by atoms with van der Waals surface area (Å²) in [5.41, 5.74) is 1.64. The number of ketones is 1. The summed E-state index contributed by atoms with van der Waals surface area (Å²) in [5.74, 6) is 0.229. The van der Waals surface area contributed by atoms with E-state index in [1.165, 1.54) is 0 Å². The quantitative estimate of drug-likeness (QED) is 0.644. The highest BCUT2D eigenvalue weighted by molar-refractivity contribution is 5.96. The lowest BCUT2D eigenvalue weighted by atomic mass is 9.98. The normalized spacial score (nSPS) is 12.2. The maximum atomic E-state index is 12.6. The van der Waals surface area contributed by atoms with Crippen LogP contribution in [0.2, 0.25) is 0 Å². The average molecular weight is 294 g/mol. The Balaban J connectivity index is 1.78. The minimum atomic E-state index is -0.107. The Morgan fingerprint density at radius 2 is 1.91 bits per heavy atom. The summed E-state index contributed by atoms with van der Waals surface area (Å²) in [6, 6.07) is 15.4. The molecule has 0 spiro atoms. The third kappa shape index (κ3) is 3.01. The fraction of sp³-hybridized carbons (Fsp3) is 0.222. The summed E-state index contributed by atoms with van der Waals surface area (Å²) in [5, 5.41) is 4.02. The Kier molecular flexibility index (Phi) is 4.19. The van der Waals surface area contributed by atoms with Gasteiger partial charge in [0.15, 0.2) is 0 Å². The maximum Gasteiger partial charge on any atom is 0.205 e. The van der Waals surface area contributed by atoms with Crippen molar-refractivity contribution in [1.29, 1.82) is 0 Å². The highest BCUT2D eigenvalue weighted by atomic mass is 16.5. The minimum absolute atomic E-state index is 0.00545. The van der Waals surface area contributed by atoms with Crippen LogP contribution in [0.25, 0.3) is 11.3 Å². The molecule has 1 atom stereocenters. The molecule has 0 amide bonds. The van der Waals surface area contributed by atoms with Gasteiger partial charge in [0, 0.05) is 36.5 Å². The van der Waals surface area contributed by atoms with Gasteiger partial charge >= 0.3 is 0 Å². The molecule has 22 heavy (non-hydrogen) atoms. The maximum absolute atomic E-state index is 12.6. The summed E-state index contributed by atoms with van der Waals surface area (Å²) in [7, 11) is 0. The lowest BCUT2D eigenvalue weighted by Gasteiger charge is -2.12. The first-order valence-corrected chi connectivity index (χ1v) is 7.45. The number of carbonyl (C=O) groups excluding carboxylic acids is 1. The molecule has 4 heteroatoms. The van der Waals surface area contributed by atoms with Crippen LogP contribution in [0.15, 0.2) is 65.4 Å². The molecule has 3 rings (SSSR count). The van der Waals surface area contributed by atoms with Gasteiger partial charge in [-0.1, -0.05) is 42.4 Å². The van der Waals surface area contributed by atoms with Gasteiger partial charge in [0.25, 0.3) is 0 Å². The highest BCUT2D eigenvalue weighted by Crippen LogP contribution is 2.22. The monoisotopic (exact) mass is 294 g/mol. The number of hydrogen-bond acceptors (Lipinski definition) is 3. The van der Waals surface area contributed by atoms with Gasteiger partial charge in [-0.25, -0.2) is 0 Å². The van der Waals surface area contributed by atoms with E-state index in [4.69, 9.17) is 4.52 Å². The standard InChI is InChI=1S/C18H18N2O2/c1-2-14(13-20-10-6-7-11-20)18(21)17-12-16(19-22-17)15-8-4-3-5-9-15/h3-12,14H,2,13H2,1H3. The van der Waals surface area contributed by atoms with Crippen LogP contribution >= 0.6 is 0 Å². The summed E-state index contributed by atoms with van der Waals surface area (Å²) in [4.78, 5) is 12.6. The first-order chi connectivity index (χ1) is 10.8. The van der Waals surface area contributed by atoms with Gasteiger partial charge in [0.1, 0.15) is 5.69 Å². The molecule has 0 N–H and O–H groups in total.